The highest BCUT2D eigenvalue weighted by atomic mass is 35.5. The predicted molar refractivity (Wildman–Crippen MR) is 75.7 cm³/mol. The summed E-state index contributed by atoms with van der Waals surface area (Å²) < 4.78 is 4.82. The van der Waals surface area contributed by atoms with Gasteiger partial charge in [-0.05, 0) is 44.1 Å². The molecule has 0 aromatic heterocycles. The summed E-state index contributed by atoms with van der Waals surface area (Å²) in [4.78, 5) is 11.7. The molecule has 0 heterocycles. The van der Waals surface area contributed by atoms with E-state index < -0.39 is 0 Å². The molecule has 104 valence electrons. The summed E-state index contributed by atoms with van der Waals surface area (Å²) in [5.74, 6) is -0.0211. The van der Waals surface area contributed by atoms with Gasteiger partial charge in [-0.2, -0.15) is 0 Å². The van der Waals surface area contributed by atoms with Gasteiger partial charge >= 0.3 is 5.97 Å². The number of methoxy groups -OCH3 is 1. The molecular weight excluding hydrogens is 250 g/mol. The molecule has 2 atom stereocenters. The second-order valence-corrected chi connectivity index (χ2v) is 4.67. The topological polar surface area (TPSA) is 52.3 Å². The lowest BCUT2D eigenvalue weighted by Gasteiger charge is -2.10. The third kappa shape index (κ3) is 5.26. The Morgan fingerprint density at radius 1 is 1.50 bits per heavy atom. The van der Waals surface area contributed by atoms with Gasteiger partial charge in [0.25, 0.3) is 0 Å². The van der Waals surface area contributed by atoms with Crippen molar-refractivity contribution in [1.29, 1.82) is 0 Å². The smallest absolute Gasteiger partial charge is 0.341 e. The first-order valence-electron chi connectivity index (χ1n) is 6.48. The summed E-state index contributed by atoms with van der Waals surface area (Å²) in [6, 6.07) is 0.220. The summed E-state index contributed by atoms with van der Waals surface area (Å²) in [7, 11) is 1.42. The van der Waals surface area contributed by atoms with Crippen LogP contribution in [0.2, 0.25) is 0 Å². The van der Waals surface area contributed by atoms with E-state index in [9.17, 15) is 4.79 Å². The van der Waals surface area contributed by atoms with Gasteiger partial charge in [0.15, 0.2) is 0 Å². The van der Waals surface area contributed by atoms with Crippen molar-refractivity contribution < 1.29 is 9.53 Å². The van der Waals surface area contributed by atoms with Gasteiger partial charge in [0.05, 0.1) is 12.7 Å². The molecule has 2 N–H and O–H groups in total. The number of halogens is 1. The lowest BCUT2D eigenvalue weighted by molar-refractivity contribution is -0.136. The summed E-state index contributed by atoms with van der Waals surface area (Å²) in [5.41, 5.74) is 9.68. The molecule has 0 aromatic carbocycles. The van der Waals surface area contributed by atoms with Crippen LogP contribution in [0.1, 0.15) is 45.4 Å². The van der Waals surface area contributed by atoms with Crippen LogP contribution in [-0.4, -0.2) is 19.1 Å². The van der Waals surface area contributed by atoms with E-state index in [0.717, 1.165) is 38.5 Å². The maximum Gasteiger partial charge on any atom is 0.341 e. The van der Waals surface area contributed by atoms with E-state index in [1.165, 1.54) is 7.11 Å². The van der Waals surface area contributed by atoms with E-state index in [2.05, 4.69) is 12.7 Å². The van der Waals surface area contributed by atoms with Crippen molar-refractivity contribution in [2.24, 2.45) is 11.7 Å². The summed E-state index contributed by atoms with van der Waals surface area (Å²) in [6.07, 6.45) is 8.04. The van der Waals surface area contributed by atoms with Crippen LogP contribution >= 0.6 is 12.4 Å². The molecule has 1 fully saturated rings. The number of unbranched alkanes of at least 4 members (excludes halogenated alkanes) is 2. The van der Waals surface area contributed by atoms with Gasteiger partial charge in [0, 0.05) is 6.04 Å². The molecule has 0 saturated heterocycles. The Morgan fingerprint density at radius 2 is 2.22 bits per heavy atom. The molecule has 3 nitrogen and oxygen atoms in total. The van der Waals surface area contributed by atoms with E-state index in [1.807, 2.05) is 6.08 Å². The fourth-order valence-electron chi connectivity index (χ4n) is 2.22. The molecule has 1 rings (SSSR count). The van der Waals surface area contributed by atoms with Gasteiger partial charge in [-0.15, -0.1) is 18.1 Å². The zero-order chi connectivity index (χ0) is 12.7. The fourth-order valence-corrected chi connectivity index (χ4v) is 2.22. The Kier molecular flexibility index (Phi) is 8.82. The molecule has 0 spiro atoms. The molecule has 0 bridgehead atoms. The molecule has 4 heteroatoms. The maximum absolute atomic E-state index is 11.7. The molecule has 1 aliphatic carbocycles. The quantitative estimate of drug-likeness (QED) is 0.363. The summed E-state index contributed by atoms with van der Waals surface area (Å²) in [6.45, 7) is 2.15. The molecule has 0 amide bonds. The Bertz CT molecular complexity index is 322. The third-order valence-electron chi connectivity index (χ3n) is 3.25. The Morgan fingerprint density at radius 3 is 2.72 bits per heavy atom. The number of carbonyl (C=O) groups is 1. The summed E-state index contributed by atoms with van der Waals surface area (Å²) >= 11 is 0. The molecular formula is C14H24ClNO2. The number of carbonyl (C=O) groups excluding carboxylic acids is 1. The Labute approximate surface area is 116 Å². The second kappa shape index (κ2) is 9.21. The van der Waals surface area contributed by atoms with E-state index in [4.69, 9.17) is 10.5 Å². The zero-order valence-electron chi connectivity index (χ0n) is 11.3. The van der Waals surface area contributed by atoms with Crippen LogP contribution in [0.4, 0.5) is 0 Å². The molecule has 18 heavy (non-hydrogen) atoms. The highest BCUT2D eigenvalue weighted by molar-refractivity contribution is 5.88. The average Bonchev–Trinajstić information content (AvgIpc) is 2.75. The van der Waals surface area contributed by atoms with Gasteiger partial charge < -0.3 is 10.5 Å². The molecule has 2 unspecified atom stereocenters. The molecule has 1 saturated carbocycles. The minimum atomic E-state index is -0.253. The normalized spacial score (nSPS) is 21.7. The monoisotopic (exact) mass is 273 g/mol. The van der Waals surface area contributed by atoms with E-state index in [-0.39, 0.29) is 30.3 Å². The van der Waals surface area contributed by atoms with Crippen LogP contribution in [0, 0.1) is 5.92 Å². The number of ether oxygens (including phenoxy) is 1. The lowest BCUT2D eigenvalue weighted by atomic mass is 9.97. The number of nitrogens with two attached hydrogens (primary N) is 1. The maximum atomic E-state index is 11.7. The van der Waals surface area contributed by atoms with Crippen LogP contribution in [0.25, 0.3) is 0 Å². The van der Waals surface area contributed by atoms with Crippen LogP contribution in [0.15, 0.2) is 17.4 Å². The van der Waals surface area contributed by atoms with Crippen LogP contribution in [0.3, 0.4) is 0 Å². The van der Waals surface area contributed by atoms with Crippen molar-refractivity contribution in [3.63, 3.8) is 0 Å². The van der Waals surface area contributed by atoms with Gasteiger partial charge in [0.1, 0.15) is 0 Å². The SMILES string of the molecule is CCCCC=C=C(C(=O)OC)C1CCC(N)C1.Cl. The van der Waals surface area contributed by atoms with E-state index >= 15 is 0 Å². The van der Waals surface area contributed by atoms with Crippen molar-refractivity contribution in [2.75, 3.05) is 7.11 Å². The average molecular weight is 274 g/mol. The minimum Gasteiger partial charge on any atom is -0.465 e. The van der Waals surface area contributed by atoms with Crippen LogP contribution < -0.4 is 5.73 Å². The Balaban J connectivity index is 0.00000289. The van der Waals surface area contributed by atoms with Crippen molar-refractivity contribution in [3.05, 3.63) is 17.4 Å². The van der Waals surface area contributed by atoms with Crippen molar-refractivity contribution >= 4 is 18.4 Å². The van der Waals surface area contributed by atoms with E-state index in [1.54, 1.807) is 0 Å². The number of rotatable bonds is 5. The third-order valence-corrected chi connectivity index (χ3v) is 3.25. The number of hydrogen-bond acceptors (Lipinski definition) is 3. The lowest BCUT2D eigenvalue weighted by Crippen LogP contribution is -2.17. The first kappa shape index (κ1) is 17.2. The van der Waals surface area contributed by atoms with Crippen molar-refractivity contribution in [1.82, 2.24) is 0 Å². The van der Waals surface area contributed by atoms with Crippen LogP contribution in [0.5, 0.6) is 0 Å². The van der Waals surface area contributed by atoms with Gasteiger partial charge in [0.2, 0.25) is 0 Å². The first-order chi connectivity index (χ1) is 8.19. The first-order valence-corrected chi connectivity index (χ1v) is 6.48. The number of hydrogen-bond donors (Lipinski definition) is 1. The fraction of sp³-hybridized carbons (Fsp3) is 0.714. The van der Waals surface area contributed by atoms with Crippen molar-refractivity contribution in [3.8, 4) is 0 Å². The molecule has 0 radical (unpaired) electrons. The standard InChI is InChI=1S/C14H23NO2.ClH/c1-3-4-5-6-7-13(14(16)17-2)11-8-9-12(15)10-11;/h6,11-12H,3-5,8-10,15H2,1-2H3;1H. The highest BCUT2D eigenvalue weighted by Gasteiger charge is 2.28. The van der Waals surface area contributed by atoms with Crippen LogP contribution in [-0.2, 0) is 9.53 Å². The van der Waals surface area contributed by atoms with Gasteiger partial charge in [-0.3, -0.25) is 0 Å². The molecule has 0 aliphatic heterocycles. The van der Waals surface area contributed by atoms with E-state index in [0.29, 0.717) is 5.57 Å². The molecule has 1 aliphatic rings. The molecule has 0 aromatic rings. The van der Waals surface area contributed by atoms with Gasteiger partial charge in [-0.1, -0.05) is 13.3 Å². The minimum absolute atomic E-state index is 0. The Hall–Kier alpha value is -0.760. The number of esters is 1. The second-order valence-electron chi connectivity index (χ2n) is 4.67. The van der Waals surface area contributed by atoms with Crippen molar-refractivity contribution in [2.45, 2.75) is 51.5 Å². The highest BCUT2D eigenvalue weighted by Crippen LogP contribution is 2.30. The van der Waals surface area contributed by atoms with Gasteiger partial charge in [-0.25, -0.2) is 4.79 Å². The summed E-state index contributed by atoms with van der Waals surface area (Å²) in [5, 5.41) is 0. The largest absolute Gasteiger partial charge is 0.465 e. The predicted octanol–water partition coefficient (Wildman–Crippen LogP) is 2.98. The zero-order valence-corrected chi connectivity index (χ0v) is 12.1.